The first-order valence-corrected chi connectivity index (χ1v) is 9.76. The molecule has 6 nitrogen and oxygen atoms in total. The van der Waals surface area contributed by atoms with Crippen molar-refractivity contribution in [3.05, 3.63) is 78.2 Å². The van der Waals surface area contributed by atoms with Crippen LogP contribution in [0.15, 0.2) is 67.0 Å². The van der Waals surface area contributed by atoms with E-state index in [2.05, 4.69) is 12.2 Å². The monoisotopic (exact) mass is 401 g/mol. The molecule has 6 heteroatoms. The lowest BCUT2D eigenvalue weighted by atomic mass is 10.1. The van der Waals surface area contributed by atoms with Gasteiger partial charge in [-0.3, -0.25) is 9.36 Å². The third kappa shape index (κ3) is 3.48. The Balaban J connectivity index is 1.66. The van der Waals surface area contributed by atoms with Crippen LogP contribution in [0.1, 0.15) is 27.8 Å². The van der Waals surface area contributed by atoms with Crippen molar-refractivity contribution >= 4 is 28.5 Å². The summed E-state index contributed by atoms with van der Waals surface area (Å²) in [4.78, 5) is 25.0. The van der Waals surface area contributed by atoms with Crippen molar-refractivity contribution in [3.63, 3.8) is 0 Å². The molecule has 0 aliphatic rings. The summed E-state index contributed by atoms with van der Waals surface area (Å²) in [5, 5.41) is 4.08. The number of benzene rings is 2. The summed E-state index contributed by atoms with van der Waals surface area (Å²) in [6.45, 7) is 2.93. The van der Waals surface area contributed by atoms with Crippen molar-refractivity contribution in [3.8, 4) is 11.1 Å². The number of carbonyl (C=O) groups excluding carboxylic acids is 2. The normalized spacial score (nSPS) is 10.9. The number of anilines is 1. The van der Waals surface area contributed by atoms with Crippen LogP contribution in [0.2, 0.25) is 0 Å². The lowest BCUT2D eigenvalue weighted by Crippen LogP contribution is -2.14. The van der Waals surface area contributed by atoms with Gasteiger partial charge >= 0.3 is 5.97 Å². The van der Waals surface area contributed by atoms with Crippen molar-refractivity contribution < 1.29 is 14.3 Å². The zero-order valence-electron chi connectivity index (χ0n) is 17.2. The van der Waals surface area contributed by atoms with E-state index in [1.165, 1.54) is 7.11 Å². The third-order valence-electron chi connectivity index (χ3n) is 5.15. The summed E-state index contributed by atoms with van der Waals surface area (Å²) in [6, 6.07) is 17.0. The van der Waals surface area contributed by atoms with Gasteiger partial charge in [-0.05, 0) is 55.0 Å². The molecule has 0 radical (unpaired) electrons. The van der Waals surface area contributed by atoms with Gasteiger partial charge < -0.3 is 14.6 Å². The first-order chi connectivity index (χ1) is 14.5. The topological polar surface area (TPSA) is 65.3 Å². The minimum atomic E-state index is -0.400. The van der Waals surface area contributed by atoms with Gasteiger partial charge in [-0.25, -0.2) is 4.79 Å². The minimum absolute atomic E-state index is 0.131. The van der Waals surface area contributed by atoms with Gasteiger partial charge in [-0.2, -0.15) is 0 Å². The number of nitrogens with zero attached hydrogens (tertiary/aromatic N) is 2. The fourth-order valence-electron chi connectivity index (χ4n) is 3.61. The number of ether oxygens (including phenoxy) is 1. The minimum Gasteiger partial charge on any atom is -0.465 e. The number of rotatable bonds is 5. The Labute approximate surface area is 174 Å². The van der Waals surface area contributed by atoms with Crippen LogP contribution in [-0.2, 0) is 11.8 Å². The zero-order chi connectivity index (χ0) is 21.3. The predicted octanol–water partition coefficient (Wildman–Crippen LogP) is 4.55. The molecule has 0 spiro atoms. The second-order valence-corrected chi connectivity index (χ2v) is 7.09. The quantitative estimate of drug-likeness (QED) is 0.498. The highest BCUT2D eigenvalue weighted by Gasteiger charge is 2.17. The van der Waals surface area contributed by atoms with Gasteiger partial charge in [-0.1, -0.05) is 12.1 Å². The van der Waals surface area contributed by atoms with E-state index < -0.39 is 5.97 Å². The molecule has 2 aromatic heterocycles. The van der Waals surface area contributed by atoms with Crippen molar-refractivity contribution in [2.24, 2.45) is 7.05 Å². The number of carbonyl (C=O) groups is 2. The number of aryl methyl sites for hydroxylation is 1. The van der Waals surface area contributed by atoms with Crippen molar-refractivity contribution in [2.75, 3.05) is 19.0 Å². The Morgan fingerprint density at radius 3 is 2.47 bits per heavy atom. The molecule has 0 saturated carbocycles. The summed E-state index contributed by atoms with van der Waals surface area (Å²) in [6.07, 6.45) is 3.68. The number of hydrogen-bond donors (Lipinski definition) is 1. The van der Waals surface area contributed by atoms with E-state index in [1.54, 1.807) is 29.0 Å². The number of fused-ring (bicyclic) bond motifs is 1. The van der Waals surface area contributed by atoms with Gasteiger partial charge in [0.05, 0.1) is 18.2 Å². The van der Waals surface area contributed by atoms with Crippen LogP contribution < -0.4 is 5.32 Å². The van der Waals surface area contributed by atoms with Crippen molar-refractivity contribution in [1.82, 2.24) is 9.13 Å². The molecular weight excluding hydrogens is 378 g/mol. The van der Waals surface area contributed by atoms with Crippen LogP contribution in [0.3, 0.4) is 0 Å². The molecule has 30 heavy (non-hydrogen) atoms. The van der Waals surface area contributed by atoms with E-state index in [4.69, 9.17) is 4.74 Å². The second kappa shape index (κ2) is 7.91. The summed E-state index contributed by atoms with van der Waals surface area (Å²) in [5.74, 6) is -0.531. The van der Waals surface area contributed by atoms with Gasteiger partial charge in [0.25, 0.3) is 5.91 Å². The summed E-state index contributed by atoms with van der Waals surface area (Å²) in [7, 11) is 3.22. The maximum Gasteiger partial charge on any atom is 0.337 e. The molecule has 4 rings (SSSR count). The SMILES string of the molecule is CCNc1ccc(-c2cc(C(=O)n3ccc4cc(C(=O)OC)ccc43)n(C)c2)cc1. The molecule has 0 unspecified atom stereocenters. The van der Waals surface area contributed by atoms with E-state index >= 15 is 0 Å². The van der Waals surface area contributed by atoms with Crippen LogP contribution in [0, 0.1) is 0 Å². The molecule has 1 N–H and O–H groups in total. The average Bonchev–Trinajstić information content (AvgIpc) is 3.36. The first-order valence-electron chi connectivity index (χ1n) is 9.76. The summed E-state index contributed by atoms with van der Waals surface area (Å²) >= 11 is 0. The molecule has 0 fully saturated rings. The number of nitrogens with one attached hydrogen (secondary N) is 1. The molecule has 0 aliphatic carbocycles. The molecule has 0 aliphatic heterocycles. The van der Waals surface area contributed by atoms with Crippen LogP contribution in [-0.4, -0.2) is 34.7 Å². The number of methoxy groups -OCH3 is 1. The fourth-order valence-corrected chi connectivity index (χ4v) is 3.61. The van der Waals surface area contributed by atoms with E-state index in [0.717, 1.165) is 34.3 Å². The molecule has 0 bridgehead atoms. The van der Waals surface area contributed by atoms with Crippen LogP contribution in [0.5, 0.6) is 0 Å². The van der Waals surface area contributed by atoms with Gasteiger partial charge in [0.1, 0.15) is 5.69 Å². The Morgan fingerprint density at radius 1 is 1.00 bits per heavy atom. The lowest BCUT2D eigenvalue weighted by Gasteiger charge is -2.06. The van der Waals surface area contributed by atoms with Crippen molar-refractivity contribution in [2.45, 2.75) is 6.92 Å². The zero-order valence-corrected chi connectivity index (χ0v) is 17.2. The molecule has 152 valence electrons. The maximum atomic E-state index is 13.2. The van der Waals surface area contributed by atoms with E-state index in [0.29, 0.717) is 11.3 Å². The van der Waals surface area contributed by atoms with Crippen molar-refractivity contribution in [1.29, 1.82) is 0 Å². The summed E-state index contributed by atoms with van der Waals surface area (Å²) < 4.78 is 8.21. The number of esters is 1. The summed E-state index contributed by atoms with van der Waals surface area (Å²) in [5.41, 5.74) is 4.87. The van der Waals surface area contributed by atoms with Gasteiger partial charge in [0.2, 0.25) is 0 Å². The van der Waals surface area contributed by atoms with E-state index in [1.807, 2.05) is 54.2 Å². The van der Waals surface area contributed by atoms with Crippen LogP contribution in [0.4, 0.5) is 5.69 Å². The first kappa shape index (κ1) is 19.5. The third-order valence-corrected chi connectivity index (χ3v) is 5.15. The fraction of sp³-hybridized carbons (Fsp3) is 0.167. The van der Waals surface area contributed by atoms with E-state index in [-0.39, 0.29) is 5.91 Å². The molecule has 2 heterocycles. The Morgan fingerprint density at radius 2 is 1.77 bits per heavy atom. The average molecular weight is 401 g/mol. The standard InChI is InChI=1S/C24H23N3O3/c1-4-25-20-8-5-16(6-9-20)19-14-22(26(2)15-19)23(28)27-12-11-17-13-18(24(29)30-3)7-10-21(17)27/h5-15,25H,4H2,1-3H3. The number of aromatic nitrogens is 2. The Kier molecular flexibility index (Phi) is 5.14. The highest BCUT2D eigenvalue weighted by molar-refractivity contribution is 6.03. The molecule has 4 aromatic rings. The second-order valence-electron chi connectivity index (χ2n) is 7.09. The highest BCUT2D eigenvalue weighted by atomic mass is 16.5. The van der Waals surface area contributed by atoms with Crippen LogP contribution >= 0.6 is 0 Å². The maximum absolute atomic E-state index is 13.2. The van der Waals surface area contributed by atoms with Gasteiger partial charge in [-0.15, -0.1) is 0 Å². The smallest absolute Gasteiger partial charge is 0.337 e. The highest BCUT2D eigenvalue weighted by Crippen LogP contribution is 2.25. The van der Waals surface area contributed by atoms with Gasteiger partial charge in [0.15, 0.2) is 0 Å². The molecule has 0 saturated heterocycles. The molecular formula is C24H23N3O3. The molecule has 0 amide bonds. The predicted molar refractivity (Wildman–Crippen MR) is 118 cm³/mol. The Hall–Kier alpha value is -3.80. The van der Waals surface area contributed by atoms with Gasteiger partial charge in [0, 0.05) is 42.6 Å². The lowest BCUT2D eigenvalue weighted by molar-refractivity contribution is 0.0601. The largest absolute Gasteiger partial charge is 0.465 e. The Bertz CT molecular complexity index is 1230. The van der Waals surface area contributed by atoms with Crippen LogP contribution in [0.25, 0.3) is 22.0 Å². The molecule has 0 atom stereocenters. The number of hydrogen-bond acceptors (Lipinski definition) is 4. The van der Waals surface area contributed by atoms with E-state index in [9.17, 15) is 9.59 Å². The molecule has 2 aromatic carbocycles.